The van der Waals surface area contributed by atoms with Crippen LogP contribution < -0.4 is 10.7 Å². The third-order valence-corrected chi connectivity index (χ3v) is 1.18. The van der Waals surface area contributed by atoms with Crippen molar-refractivity contribution in [2.75, 3.05) is 6.54 Å². The van der Waals surface area contributed by atoms with E-state index in [-0.39, 0.29) is 0 Å². The maximum Gasteiger partial charge on any atom is 0.187 e. The highest BCUT2D eigenvalue weighted by Crippen LogP contribution is 1.82. The lowest BCUT2D eigenvalue weighted by Gasteiger charge is -2.03. The van der Waals surface area contributed by atoms with Gasteiger partial charge >= 0.3 is 0 Å². The summed E-state index contributed by atoms with van der Waals surface area (Å²) in [5, 5.41) is 7.33. The fraction of sp³-hybridized carbons (Fsp3) is 0.500. The topological polar surface area (TPSA) is 36.4 Å². The Bertz CT molecular complexity index is 175. The van der Waals surface area contributed by atoms with Gasteiger partial charge in [-0.25, -0.2) is 0 Å². The van der Waals surface area contributed by atoms with E-state index >= 15 is 0 Å². The molecule has 0 aliphatic rings. The fourth-order valence-corrected chi connectivity index (χ4v) is 0.585. The molecule has 0 aromatic rings. The van der Waals surface area contributed by atoms with Crippen LogP contribution in [0, 0.1) is 5.92 Å². The number of nitrogens with zero attached hydrogens (tertiary/aromatic N) is 1. The van der Waals surface area contributed by atoms with Crippen LogP contribution in [-0.4, -0.2) is 17.9 Å². The SMILES string of the molecule is C=CCNC(=S)N/N=C/C(C)C. The van der Waals surface area contributed by atoms with Gasteiger partial charge in [-0.3, -0.25) is 5.43 Å². The summed E-state index contributed by atoms with van der Waals surface area (Å²) in [6.07, 6.45) is 3.53. The Kier molecular flexibility index (Phi) is 6.28. The Morgan fingerprint density at radius 2 is 2.33 bits per heavy atom. The summed E-state index contributed by atoms with van der Waals surface area (Å²) in [6, 6.07) is 0. The summed E-state index contributed by atoms with van der Waals surface area (Å²) in [5.41, 5.74) is 2.69. The van der Waals surface area contributed by atoms with Gasteiger partial charge in [-0.1, -0.05) is 19.9 Å². The summed E-state index contributed by atoms with van der Waals surface area (Å²) in [6.45, 7) is 8.30. The predicted molar refractivity (Wildman–Crippen MR) is 57.3 cm³/mol. The molecule has 0 spiro atoms. The molecule has 4 heteroatoms. The maximum absolute atomic E-state index is 4.89. The van der Waals surface area contributed by atoms with Crippen molar-refractivity contribution in [1.82, 2.24) is 10.7 Å². The normalized spacial score (nSPS) is 10.2. The lowest BCUT2D eigenvalue weighted by molar-refractivity contribution is 0.873. The van der Waals surface area contributed by atoms with Crippen molar-refractivity contribution in [2.24, 2.45) is 11.0 Å². The molecule has 0 aliphatic heterocycles. The Hall–Kier alpha value is -0.900. The second-order valence-electron chi connectivity index (χ2n) is 2.63. The number of hydrogen-bond acceptors (Lipinski definition) is 2. The summed E-state index contributed by atoms with van der Waals surface area (Å²) in [4.78, 5) is 0. The summed E-state index contributed by atoms with van der Waals surface area (Å²) >= 11 is 4.89. The van der Waals surface area contributed by atoms with Gasteiger partial charge in [0.15, 0.2) is 5.11 Å². The van der Waals surface area contributed by atoms with Crippen LogP contribution in [0.15, 0.2) is 17.8 Å². The molecule has 12 heavy (non-hydrogen) atoms. The molecular formula is C8H15N3S. The van der Waals surface area contributed by atoms with Crippen molar-refractivity contribution in [3.63, 3.8) is 0 Å². The highest BCUT2D eigenvalue weighted by atomic mass is 32.1. The fourth-order valence-electron chi connectivity index (χ4n) is 0.449. The number of rotatable bonds is 4. The molecule has 0 aromatic heterocycles. The highest BCUT2D eigenvalue weighted by Gasteiger charge is 1.88. The van der Waals surface area contributed by atoms with E-state index < -0.39 is 0 Å². The van der Waals surface area contributed by atoms with Crippen LogP contribution >= 0.6 is 12.2 Å². The molecule has 0 bridgehead atoms. The first-order valence-electron chi connectivity index (χ1n) is 3.84. The van der Waals surface area contributed by atoms with E-state index in [2.05, 4.69) is 22.4 Å². The first-order valence-corrected chi connectivity index (χ1v) is 4.25. The first-order chi connectivity index (χ1) is 5.66. The molecule has 0 aromatic carbocycles. The van der Waals surface area contributed by atoms with Crippen molar-refractivity contribution < 1.29 is 0 Å². The quantitative estimate of drug-likeness (QED) is 0.300. The second-order valence-corrected chi connectivity index (χ2v) is 3.04. The van der Waals surface area contributed by atoms with Gasteiger partial charge in [0.05, 0.1) is 0 Å². The Morgan fingerprint density at radius 1 is 1.67 bits per heavy atom. The minimum Gasteiger partial charge on any atom is -0.358 e. The third-order valence-electron chi connectivity index (χ3n) is 0.946. The minimum absolute atomic E-state index is 0.430. The predicted octanol–water partition coefficient (Wildman–Crippen LogP) is 1.28. The molecule has 0 heterocycles. The van der Waals surface area contributed by atoms with Gasteiger partial charge in [0.2, 0.25) is 0 Å². The lowest BCUT2D eigenvalue weighted by atomic mass is 10.3. The standard InChI is InChI=1S/C8H15N3S/c1-4-5-9-8(12)11-10-6-7(2)3/h4,6-7H,1,5H2,2-3H3,(H2,9,11,12)/b10-6+. The van der Waals surface area contributed by atoms with Gasteiger partial charge in [0.25, 0.3) is 0 Å². The molecule has 68 valence electrons. The molecule has 3 nitrogen and oxygen atoms in total. The molecule has 0 saturated carbocycles. The molecule has 0 saturated heterocycles. The molecule has 0 aliphatic carbocycles. The van der Waals surface area contributed by atoms with E-state index in [1.165, 1.54) is 0 Å². The van der Waals surface area contributed by atoms with Crippen molar-refractivity contribution in [3.8, 4) is 0 Å². The zero-order valence-electron chi connectivity index (χ0n) is 7.50. The van der Waals surface area contributed by atoms with E-state index in [0.29, 0.717) is 17.6 Å². The molecule has 0 radical (unpaired) electrons. The summed E-state index contributed by atoms with van der Waals surface area (Å²) in [7, 11) is 0. The van der Waals surface area contributed by atoms with Crippen molar-refractivity contribution in [2.45, 2.75) is 13.8 Å². The molecule has 0 amide bonds. The van der Waals surface area contributed by atoms with E-state index in [0.717, 1.165) is 0 Å². The number of hydrogen-bond donors (Lipinski definition) is 2. The van der Waals surface area contributed by atoms with Gasteiger partial charge in [-0.2, -0.15) is 5.10 Å². The van der Waals surface area contributed by atoms with Gasteiger partial charge in [0.1, 0.15) is 0 Å². The maximum atomic E-state index is 4.89. The Labute approximate surface area is 78.9 Å². The van der Waals surface area contributed by atoms with Crippen molar-refractivity contribution in [3.05, 3.63) is 12.7 Å². The van der Waals surface area contributed by atoms with Crippen LogP contribution in [0.5, 0.6) is 0 Å². The van der Waals surface area contributed by atoms with Crippen LogP contribution in [0.25, 0.3) is 0 Å². The summed E-state index contributed by atoms with van der Waals surface area (Å²) < 4.78 is 0. The van der Waals surface area contributed by atoms with E-state index in [1.54, 1.807) is 12.3 Å². The van der Waals surface area contributed by atoms with Gasteiger partial charge in [-0.15, -0.1) is 6.58 Å². The number of nitrogens with one attached hydrogen (secondary N) is 2. The van der Waals surface area contributed by atoms with Crippen LogP contribution in [0.3, 0.4) is 0 Å². The van der Waals surface area contributed by atoms with E-state index in [1.807, 2.05) is 13.8 Å². The molecule has 0 fully saturated rings. The lowest BCUT2D eigenvalue weighted by Crippen LogP contribution is -2.32. The minimum atomic E-state index is 0.430. The average molecular weight is 185 g/mol. The molecule has 2 N–H and O–H groups in total. The smallest absolute Gasteiger partial charge is 0.187 e. The first kappa shape index (κ1) is 11.1. The molecule has 0 rings (SSSR count). The number of hydrazone groups is 1. The number of thiocarbonyl (C=S) groups is 1. The van der Waals surface area contributed by atoms with Crippen LogP contribution in [-0.2, 0) is 0 Å². The Balaban J connectivity index is 3.49. The highest BCUT2D eigenvalue weighted by molar-refractivity contribution is 7.80. The van der Waals surface area contributed by atoms with Crippen LogP contribution in [0.1, 0.15) is 13.8 Å². The van der Waals surface area contributed by atoms with E-state index in [9.17, 15) is 0 Å². The zero-order chi connectivity index (χ0) is 9.40. The molecular weight excluding hydrogens is 170 g/mol. The summed E-state index contributed by atoms with van der Waals surface area (Å²) in [5.74, 6) is 0.430. The van der Waals surface area contributed by atoms with Crippen LogP contribution in [0.4, 0.5) is 0 Å². The molecule has 0 atom stereocenters. The molecule has 0 unspecified atom stereocenters. The van der Waals surface area contributed by atoms with E-state index in [4.69, 9.17) is 12.2 Å². The largest absolute Gasteiger partial charge is 0.358 e. The average Bonchev–Trinajstić information content (AvgIpc) is 2.00. The van der Waals surface area contributed by atoms with Crippen LogP contribution in [0.2, 0.25) is 0 Å². The zero-order valence-corrected chi connectivity index (χ0v) is 8.32. The second kappa shape index (κ2) is 6.79. The third kappa shape index (κ3) is 7.21. The Morgan fingerprint density at radius 3 is 2.83 bits per heavy atom. The van der Waals surface area contributed by atoms with Gasteiger partial charge < -0.3 is 5.32 Å². The van der Waals surface area contributed by atoms with Gasteiger partial charge in [0, 0.05) is 12.8 Å². The van der Waals surface area contributed by atoms with Crippen molar-refractivity contribution >= 4 is 23.5 Å². The monoisotopic (exact) mass is 185 g/mol. The van der Waals surface area contributed by atoms with Gasteiger partial charge in [-0.05, 0) is 18.1 Å². The van der Waals surface area contributed by atoms with Crippen molar-refractivity contribution in [1.29, 1.82) is 0 Å².